The average molecular weight is 662 g/mol. The number of nitrogens with one attached hydrogen (secondary N) is 2. The molecule has 0 fully saturated rings. The lowest BCUT2D eigenvalue weighted by atomic mass is 9.77. The summed E-state index contributed by atoms with van der Waals surface area (Å²) < 4.78 is 49.4. The number of alkyl halides is 1. The van der Waals surface area contributed by atoms with Gasteiger partial charge in [0, 0.05) is 18.5 Å². The van der Waals surface area contributed by atoms with Crippen LogP contribution in [0.2, 0.25) is 0 Å². The number of rotatable bonds is 7. The van der Waals surface area contributed by atoms with Crippen molar-refractivity contribution in [1.29, 1.82) is 4.78 Å². The van der Waals surface area contributed by atoms with E-state index in [-0.39, 0.29) is 23.3 Å². The molecule has 1 aliphatic heterocycles. The number of urea groups is 1. The quantitative estimate of drug-likeness (QED) is 0.177. The van der Waals surface area contributed by atoms with E-state index in [0.29, 0.717) is 35.3 Å². The number of nitrogens with zero attached hydrogens (tertiary/aromatic N) is 3. The molecular formula is C38H36FN5O3S. The van der Waals surface area contributed by atoms with Crippen molar-refractivity contribution in [2.24, 2.45) is 0 Å². The smallest absolute Gasteiger partial charge is 0.336 e. The van der Waals surface area contributed by atoms with Gasteiger partial charge in [-0.2, -0.15) is 5.10 Å². The highest BCUT2D eigenvalue weighted by atomic mass is 32.2. The number of hydrogen-bond acceptors (Lipinski definition) is 5. The molecule has 3 atom stereocenters. The summed E-state index contributed by atoms with van der Waals surface area (Å²) in [5, 5.41) is 7.61. The van der Waals surface area contributed by atoms with Gasteiger partial charge in [0.1, 0.15) is 22.7 Å². The number of halogens is 1. The molecule has 0 spiro atoms. The maximum Gasteiger partial charge on any atom is 0.336 e. The Labute approximate surface area is 279 Å². The third kappa shape index (κ3) is 4.72. The topological polar surface area (TPSA) is 100 Å². The first-order valence-electron chi connectivity index (χ1n) is 16.4. The van der Waals surface area contributed by atoms with Crippen LogP contribution >= 0.6 is 0 Å². The van der Waals surface area contributed by atoms with Crippen molar-refractivity contribution in [2.45, 2.75) is 68.3 Å². The van der Waals surface area contributed by atoms with Gasteiger partial charge in [0.15, 0.2) is 9.92 Å². The summed E-state index contributed by atoms with van der Waals surface area (Å²) in [5.74, 6) is 0.213. The molecule has 0 saturated heterocycles. The largest absolute Gasteiger partial charge is 0.472 e. The Morgan fingerprint density at radius 1 is 0.938 bits per heavy atom. The summed E-state index contributed by atoms with van der Waals surface area (Å²) in [5.41, 5.74) is 4.72. The van der Waals surface area contributed by atoms with E-state index < -0.39 is 27.7 Å². The lowest BCUT2D eigenvalue weighted by Crippen LogP contribution is -2.55. The van der Waals surface area contributed by atoms with Gasteiger partial charge in [0.2, 0.25) is 5.88 Å². The number of anilines is 1. The summed E-state index contributed by atoms with van der Waals surface area (Å²) >= 11 is 0. The van der Waals surface area contributed by atoms with Crippen LogP contribution in [0.15, 0.2) is 108 Å². The number of ether oxygens (including phenoxy) is 1. The number of benzene rings is 4. The minimum absolute atomic E-state index is 0.0153. The molecule has 4 aromatic carbocycles. The number of carbonyl (C=O) groups excluding carboxylic acids is 1. The SMILES string of the molecule is CC1Cn2ncc(S(=N)(=O)N(C(=O)Nc3c4c(cc5c3C[C@H](F)C5)CCC4)C(c3ccccc3)(c3ccccc3)c3ccccc3)c2O1. The van der Waals surface area contributed by atoms with Gasteiger partial charge >= 0.3 is 6.03 Å². The van der Waals surface area contributed by atoms with Gasteiger partial charge in [-0.05, 0) is 65.1 Å². The van der Waals surface area contributed by atoms with Crippen molar-refractivity contribution in [2.75, 3.05) is 5.32 Å². The van der Waals surface area contributed by atoms with Crippen molar-refractivity contribution in [3.63, 3.8) is 0 Å². The van der Waals surface area contributed by atoms with Crippen molar-refractivity contribution < 1.29 is 18.1 Å². The minimum atomic E-state index is -4.23. The predicted molar refractivity (Wildman–Crippen MR) is 182 cm³/mol. The maximum absolute atomic E-state index is 15.7. The highest BCUT2D eigenvalue weighted by Gasteiger charge is 2.51. The molecule has 2 N–H and O–H groups in total. The molecule has 2 amide bonds. The Morgan fingerprint density at radius 2 is 1.54 bits per heavy atom. The molecule has 48 heavy (non-hydrogen) atoms. The summed E-state index contributed by atoms with van der Waals surface area (Å²) in [4.78, 5) is 15.4. The monoisotopic (exact) mass is 661 g/mol. The van der Waals surface area contributed by atoms with E-state index in [4.69, 9.17) is 4.74 Å². The second-order valence-electron chi connectivity index (χ2n) is 12.9. The molecule has 8 rings (SSSR count). The van der Waals surface area contributed by atoms with Crippen LogP contribution in [0.5, 0.6) is 5.88 Å². The second-order valence-corrected chi connectivity index (χ2v) is 14.7. The molecule has 1 aromatic heterocycles. The van der Waals surface area contributed by atoms with Crippen molar-refractivity contribution in [1.82, 2.24) is 14.1 Å². The molecule has 0 bridgehead atoms. The average Bonchev–Trinajstić information content (AvgIpc) is 3.88. The molecule has 5 aromatic rings. The van der Waals surface area contributed by atoms with Gasteiger partial charge in [-0.25, -0.2) is 27.2 Å². The number of fused-ring (bicyclic) bond motifs is 3. The van der Waals surface area contributed by atoms with Crippen LogP contribution in [0, 0.1) is 4.78 Å². The molecule has 2 aliphatic carbocycles. The van der Waals surface area contributed by atoms with Crippen LogP contribution in [-0.2, 0) is 47.7 Å². The Bertz CT molecular complexity index is 2020. The lowest BCUT2D eigenvalue weighted by Gasteiger charge is -2.45. The van der Waals surface area contributed by atoms with Crippen LogP contribution in [0.4, 0.5) is 14.9 Å². The summed E-state index contributed by atoms with van der Waals surface area (Å²) in [7, 11) is -4.23. The Hall–Kier alpha value is -4.96. The standard InChI is InChI=1S/C38H36FN5O3S/c1-25-24-43-36(47-25)34(23-41-43)48(40,46)44(37(45)42-35-32-19-11-12-26(32)20-27-21-31(39)22-33(27)35)38(28-13-5-2-6-14-28,29-15-7-3-8-16-29)30-17-9-4-10-18-30/h2-10,13-18,20,23,25,31,40H,11-12,19,21-22,24H2,1H3,(H,42,45)/t25?,31-,48?/m1/s1. The van der Waals surface area contributed by atoms with Gasteiger partial charge in [-0.3, -0.25) is 0 Å². The summed E-state index contributed by atoms with van der Waals surface area (Å²) in [6.07, 6.45) is 3.11. The zero-order valence-corrected chi connectivity index (χ0v) is 27.4. The highest BCUT2D eigenvalue weighted by Crippen LogP contribution is 2.48. The first-order valence-corrected chi connectivity index (χ1v) is 17.9. The zero-order valence-electron chi connectivity index (χ0n) is 26.6. The summed E-state index contributed by atoms with van der Waals surface area (Å²) in [6.45, 7) is 2.32. The van der Waals surface area contributed by atoms with Gasteiger partial charge in [-0.1, -0.05) is 97.1 Å². The number of carbonyl (C=O) groups is 1. The predicted octanol–water partition coefficient (Wildman–Crippen LogP) is 7.44. The van der Waals surface area contributed by atoms with E-state index >= 15 is 9.00 Å². The maximum atomic E-state index is 15.7. The molecule has 10 heteroatoms. The molecule has 244 valence electrons. The first-order chi connectivity index (χ1) is 23.3. The van der Waals surface area contributed by atoms with Crippen LogP contribution in [0.3, 0.4) is 0 Å². The third-order valence-corrected chi connectivity index (χ3v) is 11.7. The highest BCUT2D eigenvalue weighted by molar-refractivity contribution is 7.90. The fraction of sp³-hybridized carbons (Fsp3) is 0.263. The fourth-order valence-corrected chi connectivity index (χ4v) is 9.58. The van der Waals surface area contributed by atoms with E-state index in [1.165, 1.54) is 10.5 Å². The number of aryl methyl sites for hydroxylation is 1. The van der Waals surface area contributed by atoms with Gasteiger partial charge in [-0.15, -0.1) is 0 Å². The Kier molecular flexibility index (Phi) is 7.36. The number of aromatic nitrogens is 2. The Morgan fingerprint density at radius 3 is 2.15 bits per heavy atom. The molecule has 2 heterocycles. The van der Waals surface area contributed by atoms with Crippen molar-refractivity contribution in [3.05, 3.63) is 142 Å². The van der Waals surface area contributed by atoms with Crippen LogP contribution in [0.1, 0.15) is 52.3 Å². The van der Waals surface area contributed by atoms with E-state index in [9.17, 15) is 9.17 Å². The lowest BCUT2D eigenvalue weighted by molar-refractivity contribution is 0.217. The summed E-state index contributed by atoms with van der Waals surface area (Å²) in [6, 6.07) is 29.6. The van der Waals surface area contributed by atoms with E-state index in [0.717, 1.165) is 41.5 Å². The Balaban J connectivity index is 1.42. The van der Waals surface area contributed by atoms with Crippen LogP contribution in [0.25, 0.3) is 0 Å². The van der Waals surface area contributed by atoms with E-state index in [1.807, 2.05) is 97.9 Å². The van der Waals surface area contributed by atoms with Gasteiger partial charge < -0.3 is 10.1 Å². The molecule has 3 aliphatic rings. The van der Waals surface area contributed by atoms with E-state index in [2.05, 4.69) is 16.5 Å². The molecule has 2 unspecified atom stereocenters. The van der Waals surface area contributed by atoms with Crippen molar-refractivity contribution in [3.8, 4) is 5.88 Å². The molecule has 8 nitrogen and oxygen atoms in total. The second kappa shape index (κ2) is 11.6. The van der Waals surface area contributed by atoms with Gasteiger partial charge in [0.25, 0.3) is 0 Å². The van der Waals surface area contributed by atoms with Crippen LogP contribution < -0.4 is 10.1 Å². The number of hydrogen-bond donors (Lipinski definition) is 2. The zero-order chi connectivity index (χ0) is 33.0. The number of amides is 2. The van der Waals surface area contributed by atoms with Crippen LogP contribution in [-0.4, -0.2) is 36.6 Å². The molecule has 0 saturated carbocycles. The third-order valence-electron chi connectivity index (χ3n) is 9.82. The van der Waals surface area contributed by atoms with Gasteiger partial charge in [0.05, 0.1) is 12.7 Å². The normalized spacial score (nSPS) is 19.1. The minimum Gasteiger partial charge on any atom is -0.472 e. The first kappa shape index (κ1) is 30.4. The fourth-order valence-electron chi connectivity index (χ4n) is 7.83. The molecular weight excluding hydrogens is 626 g/mol. The molecule has 0 radical (unpaired) electrons. The van der Waals surface area contributed by atoms with E-state index in [1.54, 1.807) is 4.68 Å². The van der Waals surface area contributed by atoms with Crippen molar-refractivity contribution >= 4 is 21.6 Å².